The average molecular weight is 376 g/mol. The first-order chi connectivity index (χ1) is 13.7. The molecule has 1 N–H and O–H groups in total. The number of rotatable bonds is 8. The predicted molar refractivity (Wildman–Crippen MR) is 109 cm³/mol. The smallest absolute Gasteiger partial charge is 0.274 e. The molecule has 0 fully saturated rings. The van der Waals surface area contributed by atoms with Crippen LogP contribution in [0, 0.1) is 0 Å². The second-order valence-corrected chi connectivity index (χ2v) is 6.26. The van der Waals surface area contributed by atoms with Gasteiger partial charge in [0.2, 0.25) is 0 Å². The predicted octanol–water partition coefficient (Wildman–Crippen LogP) is 3.76. The summed E-state index contributed by atoms with van der Waals surface area (Å²) in [6.07, 6.45) is 3.10. The van der Waals surface area contributed by atoms with Crippen molar-refractivity contribution in [2.24, 2.45) is 0 Å². The molecule has 3 rings (SSSR count). The molecular formula is C22H24N4O2. The number of nitrogens with one attached hydrogen (secondary N) is 1. The van der Waals surface area contributed by atoms with Crippen LogP contribution in [0.3, 0.4) is 0 Å². The summed E-state index contributed by atoms with van der Waals surface area (Å²) in [4.78, 5) is 23.1. The van der Waals surface area contributed by atoms with E-state index in [-0.39, 0.29) is 5.91 Å². The second kappa shape index (κ2) is 9.50. The molecular weight excluding hydrogens is 352 g/mol. The Hall–Kier alpha value is -3.41. The minimum atomic E-state index is -0.130. The first-order valence-corrected chi connectivity index (χ1v) is 9.22. The van der Waals surface area contributed by atoms with Gasteiger partial charge in [-0.15, -0.1) is 0 Å². The Morgan fingerprint density at radius 1 is 1.04 bits per heavy atom. The fraction of sp³-hybridized carbons (Fsp3) is 0.227. The van der Waals surface area contributed by atoms with Crippen LogP contribution in [-0.4, -0.2) is 34.4 Å². The molecule has 1 amide bonds. The molecule has 144 valence electrons. The van der Waals surface area contributed by atoms with E-state index in [1.807, 2.05) is 61.5 Å². The van der Waals surface area contributed by atoms with Crippen molar-refractivity contribution in [1.82, 2.24) is 14.9 Å². The Labute approximate surface area is 165 Å². The van der Waals surface area contributed by atoms with Gasteiger partial charge in [0.25, 0.3) is 5.91 Å². The third-order valence-electron chi connectivity index (χ3n) is 4.41. The Balaban J connectivity index is 1.63. The number of carbonyl (C=O) groups is 1. The highest BCUT2D eigenvalue weighted by molar-refractivity contribution is 5.92. The van der Waals surface area contributed by atoms with Crippen LogP contribution in [0.1, 0.15) is 28.5 Å². The minimum Gasteiger partial charge on any atom is -0.496 e. The SMILES string of the molecule is CCN(Cc1ccccc1)C(=O)c1cnc(NCc2ccccc2OC)cn1. The first kappa shape index (κ1) is 19.4. The van der Waals surface area contributed by atoms with Crippen molar-refractivity contribution in [1.29, 1.82) is 0 Å². The topological polar surface area (TPSA) is 67.4 Å². The lowest BCUT2D eigenvalue weighted by atomic mass is 10.2. The molecule has 0 spiro atoms. The van der Waals surface area contributed by atoms with E-state index in [0.717, 1.165) is 16.9 Å². The van der Waals surface area contributed by atoms with Gasteiger partial charge >= 0.3 is 0 Å². The molecule has 2 aromatic carbocycles. The Morgan fingerprint density at radius 3 is 2.46 bits per heavy atom. The summed E-state index contributed by atoms with van der Waals surface area (Å²) >= 11 is 0. The van der Waals surface area contributed by atoms with Crippen molar-refractivity contribution in [3.05, 3.63) is 83.8 Å². The van der Waals surface area contributed by atoms with Gasteiger partial charge in [-0.05, 0) is 18.6 Å². The van der Waals surface area contributed by atoms with Gasteiger partial charge in [0.05, 0.1) is 19.5 Å². The van der Waals surface area contributed by atoms with Crippen LogP contribution in [0.5, 0.6) is 5.75 Å². The summed E-state index contributed by atoms with van der Waals surface area (Å²) in [5.41, 5.74) is 2.44. The van der Waals surface area contributed by atoms with Crippen LogP contribution < -0.4 is 10.1 Å². The van der Waals surface area contributed by atoms with Crippen molar-refractivity contribution in [2.45, 2.75) is 20.0 Å². The summed E-state index contributed by atoms with van der Waals surface area (Å²) in [6.45, 7) is 3.66. The van der Waals surface area contributed by atoms with Crippen LogP contribution in [0.2, 0.25) is 0 Å². The van der Waals surface area contributed by atoms with Gasteiger partial charge in [-0.25, -0.2) is 9.97 Å². The van der Waals surface area contributed by atoms with Gasteiger partial charge in [0.1, 0.15) is 17.3 Å². The van der Waals surface area contributed by atoms with E-state index in [1.54, 1.807) is 18.2 Å². The highest BCUT2D eigenvalue weighted by atomic mass is 16.5. The van der Waals surface area contributed by atoms with Gasteiger partial charge in [0.15, 0.2) is 0 Å². The fourth-order valence-electron chi connectivity index (χ4n) is 2.86. The van der Waals surface area contributed by atoms with Crippen molar-refractivity contribution < 1.29 is 9.53 Å². The zero-order valence-corrected chi connectivity index (χ0v) is 16.1. The third-order valence-corrected chi connectivity index (χ3v) is 4.41. The van der Waals surface area contributed by atoms with Gasteiger partial charge in [-0.1, -0.05) is 48.5 Å². The normalized spacial score (nSPS) is 10.4. The molecule has 3 aromatic rings. The lowest BCUT2D eigenvalue weighted by Crippen LogP contribution is -2.31. The van der Waals surface area contributed by atoms with Gasteiger partial charge in [-0.3, -0.25) is 4.79 Å². The number of anilines is 1. The number of hydrogen-bond donors (Lipinski definition) is 1. The molecule has 1 aromatic heterocycles. The van der Waals surface area contributed by atoms with E-state index >= 15 is 0 Å². The number of nitrogens with zero attached hydrogens (tertiary/aromatic N) is 3. The molecule has 0 atom stereocenters. The van der Waals surface area contributed by atoms with Crippen LogP contribution in [0.25, 0.3) is 0 Å². The number of benzene rings is 2. The fourth-order valence-corrected chi connectivity index (χ4v) is 2.86. The standard InChI is InChI=1S/C22H24N4O2/c1-3-26(16-17-9-5-4-6-10-17)22(27)19-14-25-21(15-23-19)24-13-18-11-7-8-12-20(18)28-2/h4-12,14-15H,3,13,16H2,1-2H3,(H,24,25). The maximum absolute atomic E-state index is 12.7. The Morgan fingerprint density at radius 2 is 1.79 bits per heavy atom. The molecule has 0 saturated heterocycles. The first-order valence-electron chi connectivity index (χ1n) is 9.22. The lowest BCUT2D eigenvalue weighted by Gasteiger charge is -2.20. The Bertz CT molecular complexity index is 898. The third kappa shape index (κ3) is 4.85. The van der Waals surface area contributed by atoms with Gasteiger partial charge < -0.3 is 15.0 Å². The van der Waals surface area contributed by atoms with Crippen LogP contribution >= 0.6 is 0 Å². The van der Waals surface area contributed by atoms with E-state index in [4.69, 9.17) is 4.74 Å². The van der Waals surface area contributed by atoms with Crippen LogP contribution in [0.15, 0.2) is 67.0 Å². The molecule has 28 heavy (non-hydrogen) atoms. The summed E-state index contributed by atoms with van der Waals surface area (Å²) in [5.74, 6) is 1.29. The zero-order chi connectivity index (χ0) is 19.8. The van der Waals surface area contributed by atoms with E-state index in [2.05, 4.69) is 15.3 Å². The van der Waals surface area contributed by atoms with E-state index in [9.17, 15) is 4.79 Å². The second-order valence-electron chi connectivity index (χ2n) is 6.26. The average Bonchev–Trinajstić information content (AvgIpc) is 2.77. The van der Waals surface area contributed by atoms with Gasteiger partial charge in [-0.2, -0.15) is 0 Å². The molecule has 6 nitrogen and oxygen atoms in total. The van der Waals surface area contributed by atoms with Gasteiger partial charge in [0, 0.05) is 25.2 Å². The Kier molecular flexibility index (Phi) is 6.57. The van der Waals surface area contributed by atoms with E-state index < -0.39 is 0 Å². The summed E-state index contributed by atoms with van der Waals surface area (Å²) in [7, 11) is 1.65. The summed E-state index contributed by atoms with van der Waals surface area (Å²) in [6, 6.07) is 17.7. The van der Waals surface area contributed by atoms with Crippen LogP contribution in [0.4, 0.5) is 5.82 Å². The molecule has 0 aliphatic carbocycles. The summed E-state index contributed by atoms with van der Waals surface area (Å²) < 4.78 is 5.35. The van der Waals surface area contributed by atoms with Crippen molar-refractivity contribution in [3.8, 4) is 5.75 Å². The van der Waals surface area contributed by atoms with E-state index in [1.165, 1.54) is 6.20 Å². The quantitative estimate of drug-likeness (QED) is 0.648. The van der Waals surface area contributed by atoms with Crippen molar-refractivity contribution >= 4 is 11.7 Å². The van der Waals surface area contributed by atoms with Crippen LogP contribution in [-0.2, 0) is 13.1 Å². The molecule has 0 saturated carbocycles. The number of ether oxygens (including phenoxy) is 1. The molecule has 6 heteroatoms. The highest BCUT2D eigenvalue weighted by Crippen LogP contribution is 2.18. The largest absolute Gasteiger partial charge is 0.496 e. The molecule has 0 radical (unpaired) electrons. The maximum Gasteiger partial charge on any atom is 0.274 e. The van der Waals surface area contributed by atoms with E-state index in [0.29, 0.717) is 31.1 Å². The monoisotopic (exact) mass is 376 g/mol. The molecule has 0 bridgehead atoms. The lowest BCUT2D eigenvalue weighted by molar-refractivity contribution is 0.0746. The zero-order valence-electron chi connectivity index (χ0n) is 16.1. The number of hydrogen-bond acceptors (Lipinski definition) is 5. The number of methoxy groups -OCH3 is 1. The van der Waals surface area contributed by atoms with Crippen molar-refractivity contribution in [2.75, 3.05) is 19.0 Å². The number of carbonyl (C=O) groups excluding carboxylic acids is 1. The maximum atomic E-state index is 12.7. The highest BCUT2D eigenvalue weighted by Gasteiger charge is 2.16. The summed E-state index contributed by atoms with van der Waals surface area (Å²) in [5, 5.41) is 3.21. The minimum absolute atomic E-state index is 0.130. The molecule has 0 unspecified atom stereocenters. The molecule has 1 heterocycles. The molecule has 0 aliphatic heterocycles. The molecule has 0 aliphatic rings. The number of para-hydroxylation sites is 1. The van der Waals surface area contributed by atoms with Crippen molar-refractivity contribution in [3.63, 3.8) is 0 Å². The number of aromatic nitrogens is 2. The number of amides is 1.